The van der Waals surface area contributed by atoms with Crippen LogP contribution in [0.4, 0.5) is 0 Å². The van der Waals surface area contributed by atoms with Crippen molar-refractivity contribution in [1.82, 2.24) is 10.3 Å². The van der Waals surface area contributed by atoms with Crippen molar-refractivity contribution in [3.8, 4) is 0 Å². The molecule has 0 saturated carbocycles. The van der Waals surface area contributed by atoms with E-state index in [-0.39, 0.29) is 0 Å². The molecule has 0 aliphatic carbocycles. The van der Waals surface area contributed by atoms with Crippen molar-refractivity contribution in [1.29, 1.82) is 0 Å². The molecule has 0 aromatic carbocycles. The quantitative estimate of drug-likeness (QED) is 0.767. The second-order valence-electron chi connectivity index (χ2n) is 4.71. The molecular formula is C14H22N2O. The van der Waals surface area contributed by atoms with Crippen molar-refractivity contribution in [3.63, 3.8) is 0 Å². The van der Waals surface area contributed by atoms with E-state index in [1.807, 2.05) is 24.4 Å². The van der Waals surface area contributed by atoms with E-state index in [1.165, 1.54) is 38.8 Å². The zero-order valence-electron chi connectivity index (χ0n) is 10.4. The number of nitrogens with zero attached hydrogens (tertiary/aromatic N) is 1. The van der Waals surface area contributed by atoms with E-state index in [1.54, 1.807) is 0 Å². The summed E-state index contributed by atoms with van der Waals surface area (Å²) in [5.74, 6) is 0.912. The maximum Gasteiger partial charge on any atom is 0.0887 e. The second kappa shape index (κ2) is 7.41. The summed E-state index contributed by atoms with van der Waals surface area (Å²) in [6, 6.07) is 5.94. The Hall–Kier alpha value is -0.930. The lowest BCUT2D eigenvalue weighted by molar-refractivity contribution is 0.110. The number of hydrogen-bond donors (Lipinski definition) is 1. The highest BCUT2D eigenvalue weighted by molar-refractivity contribution is 5.01. The summed E-state index contributed by atoms with van der Waals surface area (Å²) in [6.07, 6.45) is 6.97. The van der Waals surface area contributed by atoms with E-state index < -0.39 is 0 Å². The van der Waals surface area contributed by atoms with E-state index >= 15 is 0 Å². The Morgan fingerprint density at radius 3 is 2.94 bits per heavy atom. The third-order valence-electron chi connectivity index (χ3n) is 3.34. The molecule has 94 valence electrons. The van der Waals surface area contributed by atoms with E-state index in [4.69, 9.17) is 4.74 Å². The van der Waals surface area contributed by atoms with Crippen molar-refractivity contribution in [2.24, 2.45) is 5.92 Å². The molecule has 3 nitrogen and oxygen atoms in total. The summed E-state index contributed by atoms with van der Waals surface area (Å²) in [5.41, 5.74) is 1.02. The molecule has 1 saturated heterocycles. The number of aromatic nitrogens is 1. The molecule has 0 radical (unpaired) electrons. The van der Waals surface area contributed by atoms with Gasteiger partial charge in [-0.2, -0.15) is 0 Å². The van der Waals surface area contributed by atoms with Crippen LogP contribution >= 0.6 is 0 Å². The molecule has 1 aromatic heterocycles. The van der Waals surface area contributed by atoms with Crippen molar-refractivity contribution >= 4 is 0 Å². The van der Waals surface area contributed by atoms with Crippen molar-refractivity contribution in [3.05, 3.63) is 30.1 Å². The van der Waals surface area contributed by atoms with E-state index in [2.05, 4.69) is 10.3 Å². The third-order valence-corrected chi connectivity index (χ3v) is 3.34. The Morgan fingerprint density at radius 2 is 2.18 bits per heavy atom. The van der Waals surface area contributed by atoms with Crippen LogP contribution in [0.2, 0.25) is 0 Å². The molecule has 0 spiro atoms. The van der Waals surface area contributed by atoms with E-state index in [0.29, 0.717) is 6.61 Å². The molecular weight excluding hydrogens is 212 g/mol. The smallest absolute Gasteiger partial charge is 0.0887 e. The Balaban J connectivity index is 1.51. The molecule has 1 fully saturated rings. The van der Waals surface area contributed by atoms with Crippen LogP contribution in [0.25, 0.3) is 0 Å². The first-order chi connectivity index (χ1) is 8.45. The monoisotopic (exact) mass is 234 g/mol. The lowest BCUT2D eigenvalue weighted by Crippen LogP contribution is -2.27. The number of pyridine rings is 1. The van der Waals surface area contributed by atoms with E-state index in [0.717, 1.165) is 18.2 Å². The normalized spacial score (nSPS) is 17.2. The zero-order chi connectivity index (χ0) is 11.8. The largest absolute Gasteiger partial charge is 0.375 e. The van der Waals surface area contributed by atoms with Crippen LogP contribution in [0.5, 0.6) is 0 Å². The number of hydrogen-bond acceptors (Lipinski definition) is 3. The Kier molecular flexibility index (Phi) is 5.46. The Bertz CT molecular complexity index is 296. The molecule has 1 aromatic rings. The fourth-order valence-corrected chi connectivity index (χ4v) is 2.30. The summed E-state index contributed by atoms with van der Waals surface area (Å²) >= 11 is 0. The van der Waals surface area contributed by atoms with Crippen LogP contribution in [-0.4, -0.2) is 24.7 Å². The Morgan fingerprint density at radius 1 is 1.29 bits per heavy atom. The van der Waals surface area contributed by atoms with Gasteiger partial charge in [0.05, 0.1) is 12.3 Å². The lowest BCUT2D eigenvalue weighted by Gasteiger charge is -2.22. The molecule has 2 rings (SSSR count). The molecule has 17 heavy (non-hydrogen) atoms. The van der Waals surface area contributed by atoms with Crippen molar-refractivity contribution in [2.45, 2.75) is 32.3 Å². The molecule has 1 aliphatic rings. The first kappa shape index (κ1) is 12.5. The van der Waals surface area contributed by atoms with Gasteiger partial charge in [-0.1, -0.05) is 6.07 Å². The predicted octanol–water partition coefficient (Wildman–Crippen LogP) is 2.38. The first-order valence-electron chi connectivity index (χ1n) is 6.63. The van der Waals surface area contributed by atoms with Crippen LogP contribution in [-0.2, 0) is 11.3 Å². The van der Waals surface area contributed by atoms with Gasteiger partial charge in [0.2, 0.25) is 0 Å². The third kappa shape index (κ3) is 4.84. The van der Waals surface area contributed by atoms with Gasteiger partial charge >= 0.3 is 0 Å². The summed E-state index contributed by atoms with van der Waals surface area (Å²) in [6.45, 7) is 3.90. The van der Waals surface area contributed by atoms with Gasteiger partial charge in [0, 0.05) is 12.8 Å². The molecule has 0 bridgehead atoms. The zero-order valence-corrected chi connectivity index (χ0v) is 10.4. The number of nitrogens with one attached hydrogen (secondary N) is 1. The van der Waals surface area contributed by atoms with Crippen LogP contribution in [0.3, 0.4) is 0 Å². The minimum absolute atomic E-state index is 0.646. The van der Waals surface area contributed by atoms with Gasteiger partial charge < -0.3 is 10.1 Å². The van der Waals surface area contributed by atoms with Crippen LogP contribution in [0.1, 0.15) is 31.4 Å². The first-order valence-corrected chi connectivity index (χ1v) is 6.63. The average molecular weight is 234 g/mol. The summed E-state index contributed by atoms with van der Waals surface area (Å²) in [4.78, 5) is 4.23. The molecule has 2 heterocycles. The fraction of sp³-hybridized carbons (Fsp3) is 0.643. The van der Waals surface area contributed by atoms with Gasteiger partial charge in [0.15, 0.2) is 0 Å². The highest BCUT2D eigenvalue weighted by Gasteiger charge is 2.11. The molecule has 0 unspecified atom stereocenters. The second-order valence-corrected chi connectivity index (χ2v) is 4.71. The SMILES string of the molecule is c1ccc(COCCCC2CCNCC2)nc1. The van der Waals surface area contributed by atoms with Gasteiger partial charge in [-0.25, -0.2) is 0 Å². The van der Waals surface area contributed by atoms with Gasteiger partial charge in [-0.05, 0) is 56.8 Å². The highest BCUT2D eigenvalue weighted by atomic mass is 16.5. The fourth-order valence-electron chi connectivity index (χ4n) is 2.30. The molecule has 3 heteroatoms. The minimum atomic E-state index is 0.646. The number of ether oxygens (including phenoxy) is 1. The lowest BCUT2D eigenvalue weighted by atomic mass is 9.93. The molecule has 0 amide bonds. The van der Waals surface area contributed by atoms with Crippen LogP contribution < -0.4 is 5.32 Å². The van der Waals surface area contributed by atoms with Gasteiger partial charge in [-0.15, -0.1) is 0 Å². The summed E-state index contributed by atoms with van der Waals surface area (Å²) in [7, 11) is 0. The maximum absolute atomic E-state index is 5.63. The highest BCUT2D eigenvalue weighted by Crippen LogP contribution is 2.17. The minimum Gasteiger partial charge on any atom is -0.375 e. The maximum atomic E-state index is 5.63. The number of piperidine rings is 1. The standard InChI is InChI=1S/C14H22N2O/c1-2-8-16-14(5-1)12-17-11-3-4-13-6-9-15-10-7-13/h1-2,5,8,13,15H,3-4,6-7,9-12H2. The van der Waals surface area contributed by atoms with Gasteiger partial charge in [-0.3, -0.25) is 4.98 Å². The van der Waals surface area contributed by atoms with Crippen molar-refractivity contribution in [2.75, 3.05) is 19.7 Å². The van der Waals surface area contributed by atoms with Gasteiger partial charge in [0.25, 0.3) is 0 Å². The Labute approximate surface area is 104 Å². The topological polar surface area (TPSA) is 34.1 Å². The van der Waals surface area contributed by atoms with Crippen LogP contribution in [0.15, 0.2) is 24.4 Å². The number of rotatable bonds is 6. The predicted molar refractivity (Wildman–Crippen MR) is 68.7 cm³/mol. The molecule has 0 atom stereocenters. The van der Waals surface area contributed by atoms with E-state index in [9.17, 15) is 0 Å². The molecule has 1 N–H and O–H groups in total. The van der Waals surface area contributed by atoms with Crippen molar-refractivity contribution < 1.29 is 4.74 Å². The average Bonchev–Trinajstić information content (AvgIpc) is 2.41. The summed E-state index contributed by atoms with van der Waals surface area (Å²) < 4.78 is 5.63. The van der Waals surface area contributed by atoms with Crippen LogP contribution in [0, 0.1) is 5.92 Å². The summed E-state index contributed by atoms with van der Waals surface area (Å²) in [5, 5.41) is 3.40. The van der Waals surface area contributed by atoms with Gasteiger partial charge in [0.1, 0.15) is 0 Å². The molecule has 1 aliphatic heterocycles.